The van der Waals surface area contributed by atoms with E-state index in [0.717, 1.165) is 19.3 Å². The van der Waals surface area contributed by atoms with Crippen molar-refractivity contribution in [2.45, 2.75) is 36.9 Å². The molecule has 0 amide bonds. The maximum atomic E-state index is 9.53. The summed E-state index contributed by atoms with van der Waals surface area (Å²) in [6.07, 6.45) is 2.02. The summed E-state index contributed by atoms with van der Waals surface area (Å²) in [6.45, 7) is -1.03. The molecule has 0 saturated heterocycles. The van der Waals surface area contributed by atoms with Crippen molar-refractivity contribution in [1.82, 2.24) is 5.32 Å². The largest absolute Gasteiger partial charge is 0.394 e. The minimum atomic E-state index is -1.07. The third kappa shape index (κ3) is 2.43. The molecule has 1 aliphatic rings. The second-order valence-corrected chi connectivity index (χ2v) is 4.00. The first-order valence-electron chi connectivity index (χ1n) is 4.96. The summed E-state index contributed by atoms with van der Waals surface area (Å²) in [5.41, 5.74) is -1.07. The molecule has 5 N–H and O–H groups in total. The molecule has 0 aliphatic heterocycles. The van der Waals surface area contributed by atoms with Gasteiger partial charge in [0.25, 0.3) is 0 Å². The third-order valence-corrected chi connectivity index (χ3v) is 2.88. The van der Waals surface area contributed by atoms with Crippen LogP contribution < -0.4 is 5.32 Å². The fraction of sp³-hybridized carbons (Fsp3) is 1.00. The lowest BCUT2D eigenvalue weighted by Gasteiger charge is -2.33. The van der Waals surface area contributed by atoms with Gasteiger partial charge in [-0.05, 0) is 19.3 Å². The van der Waals surface area contributed by atoms with Crippen LogP contribution >= 0.6 is 0 Å². The van der Waals surface area contributed by atoms with Crippen LogP contribution in [-0.2, 0) is 0 Å². The maximum Gasteiger partial charge on any atom is 0.0884 e. The lowest BCUT2D eigenvalue weighted by Crippen LogP contribution is -2.59. The molecule has 14 heavy (non-hydrogen) atoms. The fourth-order valence-corrected chi connectivity index (χ4v) is 1.79. The van der Waals surface area contributed by atoms with Gasteiger partial charge in [0, 0.05) is 6.04 Å². The number of rotatable bonds is 5. The lowest BCUT2D eigenvalue weighted by molar-refractivity contribution is 0.0200. The topological polar surface area (TPSA) is 93.0 Å². The number of aliphatic hydroxyl groups excluding tert-OH is 4. The van der Waals surface area contributed by atoms with Crippen LogP contribution in [0.5, 0.6) is 0 Å². The molecule has 0 spiro atoms. The molecule has 0 aromatic heterocycles. The monoisotopic (exact) mass is 205 g/mol. The Bertz CT molecular complexity index is 164. The molecule has 1 fully saturated rings. The fourth-order valence-electron chi connectivity index (χ4n) is 1.79. The second kappa shape index (κ2) is 5.04. The van der Waals surface area contributed by atoms with Crippen LogP contribution in [-0.4, -0.2) is 57.9 Å². The van der Waals surface area contributed by atoms with Crippen molar-refractivity contribution >= 4 is 0 Å². The Labute approximate surface area is 83.4 Å². The van der Waals surface area contributed by atoms with E-state index in [0.29, 0.717) is 0 Å². The average Bonchev–Trinajstić information content (AvgIpc) is 2.61. The third-order valence-electron chi connectivity index (χ3n) is 2.88. The normalized spacial score (nSPS) is 28.3. The zero-order chi connectivity index (χ0) is 10.6. The van der Waals surface area contributed by atoms with Gasteiger partial charge in [-0.1, -0.05) is 0 Å². The molecule has 2 atom stereocenters. The standard InChI is InChI=1S/C9H19NO4/c11-4-9(5-12,6-13)10-7-2-1-3-8(7)14/h7-8,10-14H,1-6H2/t7-,8-/m0/s1. The number of hydrogen-bond donors (Lipinski definition) is 5. The molecule has 1 rings (SSSR count). The van der Waals surface area contributed by atoms with Gasteiger partial charge in [-0.2, -0.15) is 0 Å². The Balaban J connectivity index is 2.54. The summed E-state index contributed by atoms with van der Waals surface area (Å²) in [4.78, 5) is 0. The average molecular weight is 205 g/mol. The van der Waals surface area contributed by atoms with Gasteiger partial charge >= 0.3 is 0 Å². The van der Waals surface area contributed by atoms with Gasteiger partial charge in [-0.25, -0.2) is 0 Å². The first kappa shape index (κ1) is 11.9. The van der Waals surface area contributed by atoms with Gasteiger partial charge in [-0.3, -0.25) is 5.32 Å². The highest BCUT2D eigenvalue weighted by atomic mass is 16.3. The van der Waals surface area contributed by atoms with Crippen LogP contribution in [0.2, 0.25) is 0 Å². The number of aliphatic hydroxyl groups is 4. The van der Waals surface area contributed by atoms with Gasteiger partial charge in [0.2, 0.25) is 0 Å². The van der Waals surface area contributed by atoms with Crippen LogP contribution in [0.1, 0.15) is 19.3 Å². The molecule has 0 heterocycles. The highest BCUT2D eigenvalue weighted by Crippen LogP contribution is 2.21. The zero-order valence-electron chi connectivity index (χ0n) is 8.19. The van der Waals surface area contributed by atoms with Crippen LogP contribution in [0, 0.1) is 0 Å². The van der Waals surface area contributed by atoms with E-state index in [1.54, 1.807) is 0 Å². The van der Waals surface area contributed by atoms with Gasteiger partial charge in [0.05, 0.1) is 31.5 Å². The highest BCUT2D eigenvalue weighted by Gasteiger charge is 2.35. The smallest absolute Gasteiger partial charge is 0.0884 e. The Morgan fingerprint density at radius 1 is 1.07 bits per heavy atom. The Morgan fingerprint density at radius 3 is 2.00 bits per heavy atom. The Kier molecular flexibility index (Phi) is 4.28. The Hall–Kier alpha value is -0.200. The number of hydrogen-bond acceptors (Lipinski definition) is 5. The van der Waals surface area contributed by atoms with E-state index in [4.69, 9.17) is 15.3 Å². The first-order chi connectivity index (χ1) is 6.67. The Morgan fingerprint density at radius 2 is 1.64 bits per heavy atom. The van der Waals surface area contributed by atoms with E-state index in [9.17, 15) is 5.11 Å². The molecule has 0 bridgehead atoms. The molecule has 5 heteroatoms. The van der Waals surface area contributed by atoms with Crippen molar-refractivity contribution in [2.24, 2.45) is 0 Å². The van der Waals surface area contributed by atoms with E-state index in [-0.39, 0.29) is 25.9 Å². The molecule has 0 aromatic carbocycles. The summed E-state index contributed by atoms with van der Waals surface area (Å²) >= 11 is 0. The minimum absolute atomic E-state index is 0.138. The summed E-state index contributed by atoms with van der Waals surface area (Å²) in [5, 5.41) is 39.6. The molecular weight excluding hydrogens is 186 g/mol. The van der Waals surface area contributed by atoms with Crippen molar-refractivity contribution < 1.29 is 20.4 Å². The number of nitrogens with one attached hydrogen (secondary N) is 1. The summed E-state index contributed by atoms with van der Waals surface area (Å²) in [7, 11) is 0. The van der Waals surface area contributed by atoms with Crippen LogP contribution in [0.4, 0.5) is 0 Å². The van der Waals surface area contributed by atoms with Crippen molar-refractivity contribution in [1.29, 1.82) is 0 Å². The molecular formula is C9H19NO4. The molecule has 0 aromatic rings. The summed E-state index contributed by atoms with van der Waals surface area (Å²) < 4.78 is 0. The zero-order valence-corrected chi connectivity index (χ0v) is 8.19. The predicted molar refractivity (Wildman–Crippen MR) is 50.8 cm³/mol. The van der Waals surface area contributed by atoms with E-state index in [2.05, 4.69) is 5.32 Å². The van der Waals surface area contributed by atoms with E-state index < -0.39 is 11.6 Å². The molecule has 5 nitrogen and oxygen atoms in total. The van der Waals surface area contributed by atoms with Crippen molar-refractivity contribution in [3.63, 3.8) is 0 Å². The second-order valence-electron chi connectivity index (χ2n) is 4.00. The van der Waals surface area contributed by atoms with E-state index in [1.165, 1.54) is 0 Å². The quantitative estimate of drug-likeness (QED) is 0.365. The molecule has 84 valence electrons. The summed E-state index contributed by atoms with van der Waals surface area (Å²) in [5.74, 6) is 0. The van der Waals surface area contributed by atoms with Crippen molar-refractivity contribution in [3.8, 4) is 0 Å². The van der Waals surface area contributed by atoms with Crippen LogP contribution in [0.25, 0.3) is 0 Å². The van der Waals surface area contributed by atoms with Crippen molar-refractivity contribution in [3.05, 3.63) is 0 Å². The predicted octanol–water partition coefficient (Wildman–Crippen LogP) is -1.79. The van der Waals surface area contributed by atoms with Crippen molar-refractivity contribution in [2.75, 3.05) is 19.8 Å². The van der Waals surface area contributed by atoms with E-state index in [1.807, 2.05) is 0 Å². The van der Waals surface area contributed by atoms with Gasteiger partial charge in [0.1, 0.15) is 0 Å². The van der Waals surface area contributed by atoms with Gasteiger partial charge < -0.3 is 20.4 Å². The molecule has 1 saturated carbocycles. The first-order valence-corrected chi connectivity index (χ1v) is 4.96. The van der Waals surface area contributed by atoms with Gasteiger partial charge in [-0.15, -0.1) is 0 Å². The maximum absolute atomic E-state index is 9.53. The SMILES string of the molecule is OCC(CO)(CO)N[C@H]1CCC[C@@H]1O. The molecule has 0 radical (unpaired) electrons. The summed E-state index contributed by atoms with van der Waals surface area (Å²) in [6, 6.07) is -0.138. The van der Waals surface area contributed by atoms with E-state index >= 15 is 0 Å². The minimum Gasteiger partial charge on any atom is -0.394 e. The van der Waals surface area contributed by atoms with Crippen LogP contribution in [0.15, 0.2) is 0 Å². The molecule has 0 unspecified atom stereocenters. The van der Waals surface area contributed by atoms with Crippen LogP contribution in [0.3, 0.4) is 0 Å². The lowest BCUT2D eigenvalue weighted by atomic mass is 10.0. The highest BCUT2D eigenvalue weighted by molar-refractivity contribution is 4.94. The van der Waals surface area contributed by atoms with Gasteiger partial charge in [0.15, 0.2) is 0 Å². The molecule has 1 aliphatic carbocycles.